The maximum absolute atomic E-state index is 12.2. The predicted molar refractivity (Wildman–Crippen MR) is 99.0 cm³/mol. The number of carbonyl (C=O) groups excluding carboxylic acids is 1. The van der Waals surface area contributed by atoms with Gasteiger partial charge in [0.25, 0.3) is 0 Å². The molecule has 1 aromatic carbocycles. The summed E-state index contributed by atoms with van der Waals surface area (Å²) in [7, 11) is 0. The van der Waals surface area contributed by atoms with Crippen LogP contribution in [0, 0.1) is 0 Å². The average molecular weight is 345 g/mol. The van der Waals surface area contributed by atoms with E-state index in [4.69, 9.17) is 0 Å². The van der Waals surface area contributed by atoms with Gasteiger partial charge in [-0.3, -0.25) is 5.32 Å². The summed E-state index contributed by atoms with van der Waals surface area (Å²) < 4.78 is 0. The average Bonchev–Trinajstić information content (AvgIpc) is 3.04. The summed E-state index contributed by atoms with van der Waals surface area (Å²) in [6.45, 7) is 5.28. The number of hydrogen-bond donors (Lipinski definition) is 2. The second-order valence-electron chi connectivity index (χ2n) is 6.02. The first-order valence-electron chi connectivity index (χ1n) is 8.43. The summed E-state index contributed by atoms with van der Waals surface area (Å²) in [6, 6.07) is 7.99. The van der Waals surface area contributed by atoms with Crippen LogP contribution < -0.4 is 15.5 Å². The van der Waals surface area contributed by atoms with E-state index in [-0.39, 0.29) is 6.03 Å². The van der Waals surface area contributed by atoms with E-state index in [9.17, 15) is 4.79 Å². The van der Waals surface area contributed by atoms with Crippen molar-refractivity contribution in [3.8, 4) is 0 Å². The molecule has 0 unspecified atom stereocenters. The Bertz CT molecular complexity index is 702. The number of anilines is 3. The molecule has 1 aromatic heterocycles. The van der Waals surface area contributed by atoms with Gasteiger partial charge in [-0.15, -0.1) is 10.2 Å². The van der Waals surface area contributed by atoms with Gasteiger partial charge < -0.3 is 10.2 Å². The Morgan fingerprint density at radius 3 is 2.92 bits per heavy atom. The van der Waals surface area contributed by atoms with Gasteiger partial charge in [0.05, 0.1) is 0 Å². The van der Waals surface area contributed by atoms with E-state index in [0.717, 1.165) is 29.3 Å². The molecule has 1 saturated heterocycles. The Labute approximate surface area is 146 Å². The third kappa shape index (κ3) is 3.84. The molecule has 1 aliphatic rings. The highest BCUT2D eigenvalue weighted by atomic mass is 32.1. The minimum atomic E-state index is -0.287. The lowest BCUT2D eigenvalue weighted by molar-refractivity contribution is 0.262. The molecule has 7 heteroatoms. The topological polar surface area (TPSA) is 70.1 Å². The highest BCUT2D eigenvalue weighted by Crippen LogP contribution is 2.29. The minimum Gasteiger partial charge on any atom is -0.344 e. The molecule has 24 heavy (non-hydrogen) atoms. The Hall–Kier alpha value is -2.15. The maximum Gasteiger partial charge on any atom is 0.325 e. The molecular weight excluding hydrogens is 322 g/mol. The van der Waals surface area contributed by atoms with Gasteiger partial charge in [0.15, 0.2) is 0 Å². The van der Waals surface area contributed by atoms with Crippen molar-refractivity contribution >= 4 is 33.3 Å². The van der Waals surface area contributed by atoms with Crippen molar-refractivity contribution < 1.29 is 4.79 Å². The van der Waals surface area contributed by atoms with Crippen molar-refractivity contribution in [2.24, 2.45) is 0 Å². The van der Waals surface area contributed by atoms with Crippen molar-refractivity contribution in [3.63, 3.8) is 0 Å². The summed E-state index contributed by atoms with van der Waals surface area (Å²) in [4.78, 5) is 14.5. The Morgan fingerprint density at radius 1 is 1.29 bits per heavy atom. The quantitative estimate of drug-likeness (QED) is 0.874. The van der Waals surface area contributed by atoms with Crippen LogP contribution in [-0.2, 0) is 6.42 Å². The van der Waals surface area contributed by atoms with Gasteiger partial charge in [-0.25, -0.2) is 4.79 Å². The van der Waals surface area contributed by atoms with Crippen LogP contribution in [0.2, 0.25) is 0 Å². The van der Waals surface area contributed by atoms with E-state index in [0.29, 0.717) is 11.2 Å². The van der Waals surface area contributed by atoms with Crippen LogP contribution in [-0.4, -0.2) is 28.8 Å². The molecule has 0 aliphatic carbocycles. The fourth-order valence-electron chi connectivity index (χ4n) is 2.97. The number of para-hydroxylation sites is 1. The summed E-state index contributed by atoms with van der Waals surface area (Å²) in [5.41, 5.74) is 1.93. The number of aromatic nitrogens is 2. The molecule has 2 heterocycles. The maximum atomic E-state index is 12.2. The molecule has 2 amide bonds. The molecule has 0 saturated carbocycles. The van der Waals surface area contributed by atoms with E-state index < -0.39 is 0 Å². The summed E-state index contributed by atoms with van der Waals surface area (Å²) in [5, 5.41) is 15.4. The van der Waals surface area contributed by atoms with Crippen LogP contribution >= 0.6 is 11.3 Å². The normalized spacial score (nSPS) is 17.6. The van der Waals surface area contributed by atoms with Gasteiger partial charge in [0.1, 0.15) is 0 Å². The van der Waals surface area contributed by atoms with Gasteiger partial charge in [-0.2, -0.15) is 0 Å². The van der Waals surface area contributed by atoms with Crippen LogP contribution in [0.5, 0.6) is 0 Å². The molecule has 1 fully saturated rings. The fourth-order valence-corrected chi connectivity index (χ4v) is 3.83. The SMILES string of the molecule is CCc1ccccc1NC(=O)Nc1nnc(N2CCCC[C@@H]2C)s1. The number of nitrogens with zero attached hydrogens (tertiary/aromatic N) is 3. The number of hydrogen-bond acceptors (Lipinski definition) is 5. The van der Waals surface area contributed by atoms with E-state index in [1.807, 2.05) is 24.3 Å². The molecule has 6 nitrogen and oxygen atoms in total. The first-order chi connectivity index (χ1) is 11.7. The van der Waals surface area contributed by atoms with Crippen LogP contribution in [0.1, 0.15) is 38.7 Å². The zero-order chi connectivity index (χ0) is 16.9. The summed E-state index contributed by atoms with van der Waals surface area (Å²) in [5.74, 6) is 0. The molecule has 1 atom stereocenters. The first-order valence-corrected chi connectivity index (χ1v) is 9.25. The van der Waals surface area contributed by atoms with Gasteiger partial charge >= 0.3 is 6.03 Å². The molecule has 2 aromatic rings. The van der Waals surface area contributed by atoms with Crippen LogP contribution in [0.3, 0.4) is 0 Å². The van der Waals surface area contributed by atoms with Crippen molar-refractivity contribution in [3.05, 3.63) is 29.8 Å². The molecular formula is C17H23N5OS. The first kappa shape index (κ1) is 16.7. The van der Waals surface area contributed by atoms with Crippen molar-refractivity contribution in [1.82, 2.24) is 10.2 Å². The lowest BCUT2D eigenvalue weighted by Gasteiger charge is -2.32. The standard InChI is InChI=1S/C17H23N5OS/c1-3-13-9-4-5-10-14(13)18-15(23)19-16-20-21-17(24-16)22-11-7-6-8-12(22)2/h4-5,9-10,12H,3,6-8,11H2,1-2H3,(H2,18,19,20,23)/t12-/m0/s1. The van der Waals surface area contributed by atoms with E-state index in [1.54, 1.807) is 0 Å². The van der Waals surface area contributed by atoms with E-state index in [2.05, 4.69) is 39.6 Å². The molecule has 128 valence electrons. The number of aryl methyl sites for hydroxylation is 1. The molecule has 0 bridgehead atoms. The Kier molecular flexibility index (Phi) is 5.30. The van der Waals surface area contributed by atoms with Gasteiger partial charge in [-0.05, 0) is 44.2 Å². The molecule has 0 spiro atoms. The zero-order valence-electron chi connectivity index (χ0n) is 14.1. The lowest BCUT2D eigenvalue weighted by atomic mass is 10.1. The third-order valence-corrected chi connectivity index (χ3v) is 5.21. The van der Waals surface area contributed by atoms with Crippen molar-refractivity contribution in [1.29, 1.82) is 0 Å². The summed E-state index contributed by atoms with van der Waals surface area (Å²) >= 11 is 1.42. The van der Waals surface area contributed by atoms with E-state index in [1.165, 1.54) is 30.6 Å². The number of rotatable bonds is 4. The van der Waals surface area contributed by atoms with Gasteiger partial charge in [-0.1, -0.05) is 36.5 Å². The number of amides is 2. The highest BCUT2D eigenvalue weighted by Gasteiger charge is 2.22. The minimum absolute atomic E-state index is 0.287. The van der Waals surface area contributed by atoms with Crippen molar-refractivity contribution in [2.45, 2.75) is 45.6 Å². The number of carbonyl (C=O) groups is 1. The zero-order valence-corrected chi connectivity index (χ0v) is 14.9. The fraction of sp³-hybridized carbons (Fsp3) is 0.471. The van der Waals surface area contributed by atoms with Crippen LogP contribution in [0.25, 0.3) is 0 Å². The predicted octanol–water partition coefficient (Wildman–Crippen LogP) is 4.12. The molecule has 1 aliphatic heterocycles. The van der Waals surface area contributed by atoms with Crippen LogP contribution in [0.4, 0.5) is 20.7 Å². The lowest BCUT2D eigenvalue weighted by Crippen LogP contribution is -2.37. The van der Waals surface area contributed by atoms with Crippen LogP contribution in [0.15, 0.2) is 24.3 Å². The molecule has 2 N–H and O–H groups in total. The second kappa shape index (κ2) is 7.61. The second-order valence-corrected chi connectivity index (χ2v) is 6.97. The molecule has 3 rings (SSSR count). The van der Waals surface area contributed by atoms with Gasteiger partial charge in [0, 0.05) is 18.3 Å². The summed E-state index contributed by atoms with van der Waals surface area (Å²) in [6.07, 6.45) is 4.49. The number of benzene rings is 1. The highest BCUT2D eigenvalue weighted by molar-refractivity contribution is 7.19. The number of piperidine rings is 1. The van der Waals surface area contributed by atoms with Gasteiger partial charge in [0.2, 0.25) is 10.3 Å². The largest absolute Gasteiger partial charge is 0.344 e. The Morgan fingerprint density at radius 2 is 2.12 bits per heavy atom. The number of urea groups is 1. The Balaban J connectivity index is 1.63. The van der Waals surface area contributed by atoms with E-state index >= 15 is 0 Å². The smallest absolute Gasteiger partial charge is 0.325 e. The number of nitrogens with one attached hydrogen (secondary N) is 2. The monoisotopic (exact) mass is 345 g/mol. The molecule has 0 radical (unpaired) electrons. The van der Waals surface area contributed by atoms with Crippen molar-refractivity contribution in [2.75, 3.05) is 22.1 Å². The third-order valence-electron chi connectivity index (χ3n) is 4.33.